The summed E-state index contributed by atoms with van der Waals surface area (Å²) in [6.07, 6.45) is 5.23. The van der Waals surface area contributed by atoms with E-state index >= 15 is 0 Å². The Morgan fingerprint density at radius 3 is 2.77 bits per heavy atom. The quantitative estimate of drug-likeness (QED) is 0.360. The third-order valence-electron chi connectivity index (χ3n) is 4.59. The van der Waals surface area contributed by atoms with E-state index in [4.69, 9.17) is 21.4 Å². The van der Waals surface area contributed by atoms with Crippen LogP contribution in [0.5, 0.6) is 0 Å². The maximum atomic E-state index is 9.03. The Labute approximate surface area is 160 Å². The molecule has 0 amide bonds. The molecule has 0 aliphatic heterocycles. The lowest BCUT2D eigenvalue weighted by atomic mass is 10.1. The molecule has 0 spiro atoms. The predicted molar refractivity (Wildman–Crippen MR) is 109 cm³/mol. The van der Waals surface area contributed by atoms with E-state index in [-0.39, 0.29) is 11.9 Å². The van der Waals surface area contributed by atoms with Crippen LogP contribution in [0.2, 0.25) is 31.0 Å². The molecule has 0 radical (unpaired) electrons. The van der Waals surface area contributed by atoms with Gasteiger partial charge in [-0.25, -0.2) is 4.98 Å². The summed E-state index contributed by atoms with van der Waals surface area (Å²) in [6, 6.07) is 1.14. The molecule has 2 heterocycles. The van der Waals surface area contributed by atoms with Crippen molar-refractivity contribution < 1.29 is 9.84 Å². The molecule has 1 fully saturated rings. The van der Waals surface area contributed by atoms with Gasteiger partial charge >= 0.3 is 0 Å². The maximum absolute atomic E-state index is 9.03. The fourth-order valence-corrected chi connectivity index (χ4v) is 3.87. The van der Waals surface area contributed by atoms with Gasteiger partial charge in [0.05, 0.1) is 5.39 Å². The van der Waals surface area contributed by atoms with Crippen LogP contribution in [0.3, 0.4) is 0 Å². The van der Waals surface area contributed by atoms with Crippen LogP contribution in [0.15, 0.2) is 6.20 Å². The smallest absolute Gasteiger partial charge is 0.226 e. The summed E-state index contributed by atoms with van der Waals surface area (Å²) < 4.78 is 7.99. The molecule has 3 rings (SSSR count). The molecule has 1 aliphatic rings. The van der Waals surface area contributed by atoms with Crippen LogP contribution >= 0.6 is 11.6 Å². The molecule has 0 unspecified atom stereocenters. The summed E-state index contributed by atoms with van der Waals surface area (Å²) in [5, 5.41) is 13.6. The van der Waals surface area contributed by atoms with E-state index in [1.54, 1.807) is 0 Å². The van der Waals surface area contributed by atoms with Gasteiger partial charge in [0.1, 0.15) is 18.2 Å². The fourth-order valence-electron chi connectivity index (χ4n) is 2.95. The first-order valence-corrected chi connectivity index (χ1v) is 13.5. The highest BCUT2D eigenvalue weighted by Crippen LogP contribution is 2.45. The van der Waals surface area contributed by atoms with E-state index in [1.807, 2.05) is 0 Å². The summed E-state index contributed by atoms with van der Waals surface area (Å²) in [5.74, 6) is 1.33. The lowest BCUT2D eigenvalue weighted by Crippen LogP contribution is -2.22. The number of halogens is 1. The van der Waals surface area contributed by atoms with Gasteiger partial charge in [-0.05, 0) is 48.4 Å². The monoisotopic (exact) mass is 396 g/mol. The predicted octanol–water partition coefficient (Wildman–Crippen LogP) is 4.07. The topological polar surface area (TPSA) is 72.2 Å². The molecular weight excluding hydrogens is 368 g/mol. The van der Waals surface area contributed by atoms with Gasteiger partial charge in [-0.2, -0.15) is 4.98 Å². The molecule has 0 saturated heterocycles. The number of rotatable bonds is 10. The zero-order valence-corrected chi connectivity index (χ0v) is 17.6. The summed E-state index contributed by atoms with van der Waals surface area (Å²) >= 11 is 6.17. The third-order valence-corrected chi connectivity index (χ3v) is 6.46. The van der Waals surface area contributed by atoms with Crippen molar-refractivity contribution in [3.05, 3.63) is 17.0 Å². The lowest BCUT2D eigenvalue weighted by Gasteiger charge is -2.15. The Morgan fingerprint density at radius 2 is 2.12 bits per heavy atom. The minimum atomic E-state index is -1.10. The zero-order chi connectivity index (χ0) is 18.7. The molecule has 0 aromatic carbocycles. The normalized spacial score (nSPS) is 15.0. The number of aliphatic hydroxyl groups is 1. The summed E-state index contributed by atoms with van der Waals surface area (Å²) in [7, 11) is -1.10. The van der Waals surface area contributed by atoms with Crippen molar-refractivity contribution in [1.82, 2.24) is 14.5 Å². The Bertz CT molecular complexity index is 756. The largest absolute Gasteiger partial charge is 0.396 e. The first-order valence-electron chi connectivity index (χ1n) is 9.38. The average molecular weight is 397 g/mol. The van der Waals surface area contributed by atoms with E-state index in [9.17, 15) is 0 Å². The molecule has 144 valence electrons. The van der Waals surface area contributed by atoms with E-state index in [2.05, 4.69) is 45.7 Å². The second-order valence-corrected chi connectivity index (χ2v) is 14.2. The highest BCUT2D eigenvalue weighted by molar-refractivity contribution is 6.76. The van der Waals surface area contributed by atoms with Gasteiger partial charge in [0.25, 0.3) is 0 Å². The van der Waals surface area contributed by atoms with E-state index in [0.717, 1.165) is 29.5 Å². The minimum absolute atomic E-state index is 0.149. The summed E-state index contributed by atoms with van der Waals surface area (Å²) in [6.45, 7) is 9.11. The van der Waals surface area contributed by atoms with Crippen LogP contribution in [-0.2, 0) is 11.5 Å². The van der Waals surface area contributed by atoms with Gasteiger partial charge < -0.3 is 19.7 Å². The van der Waals surface area contributed by atoms with Crippen molar-refractivity contribution in [3.8, 4) is 0 Å². The van der Waals surface area contributed by atoms with Crippen molar-refractivity contribution in [2.75, 3.05) is 25.1 Å². The van der Waals surface area contributed by atoms with Crippen LogP contribution in [-0.4, -0.2) is 47.5 Å². The van der Waals surface area contributed by atoms with Crippen molar-refractivity contribution in [1.29, 1.82) is 0 Å². The first-order chi connectivity index (χ1) is 12.4. The SMILES string of the molecule is C[Si](C)(C)CCOCn1cc(C2CC2)c2c(NCCCO)nc(Cl)nc21. The Kier molecular flexibility index (Phi) is 6.22. The van der Waals surface area contributed by atoms with E-state index in [1.165, 1.54) is 18.4 Å². The minimum Gasteiger partial charge on any atom is -0.396 e. The van der Waals surface area contributed by atoms with Crippen molar-refractivity contribution in [2.45, 2.75) is 57.6 Å². The van der Waals surface area contributed by atoms with Crippen LogP contribution in [0.4, 0.5) is 5.82 Å². The summed E-state index contributed by atoms with van der Waals surface area (Å²) in [4.78, 5) is 8.88. The van der Waals surface area contributed by atoms with Gasteiger partial charge in [0, 0.05) is 34.0 Å². The van der Waals surface area contributed by atoms with E-state index < -0.39 is 8.07 Å². The molecule has 2 aromatic heterocycles. The molecular formula is C18H29ClN4O2Si. The Morgan fingerprint density at radius 1 is 1.35 bits per heavy atom. The molecule has 6 nitrogen and oxygen atoms in total. The Balaban J connectivity index is 1.84. The number of ether oxygens (including phenoxy) is 1. The zero-order valence-electron chi connectivity index (χ0n) is 15.9. The highest BCUT2D eigenvalue weighted by atomic mass is 35.5. The molecule has 0 atom stereocenters. The molecule has 2 aromatic rings. The van der Waals surface area contributed by atoms with Crippen LogP contribution in [0, 0.1) is 0 Å². The number of nitrogens with zero attached hydrogens (tertiary/aromatic N) is 3. The van der Waals surface area contributed by atoms with Gasteiger partial charge in [-0.1, -0.05) is 19.6 Å². The van der Waals surface area contributed by atoms with E-state index in [0.29, 0.717) is 25.6 Å². The van der Waals surface area contributed by atoms with Crippen LogP contribution < -0.4 is 5.32 Å². The van der Waals surface area contributed by atoms with Gasteiger partial charge in [-0.15, -0.1) is 0 Å². The molecule has 1 aliphatic carbocycles. The number of hydrogen-bond acceptors (Lipinski definition) is 5. The fraction of sp³-hybridized carbons (Fsp3) is 0.667. The van der Waals surface area contributed by atoms with Crippen molar-refractivity contribution in [2.24, 2.45) is 0 Å². The number of hydrogen-bond donors (Lipinski definition) is 2. The van der Waals surface area contributed by atoms with Crippen molar-refractivity contribution in [3.63, 3.8) is 0 Å². The number of anilines is 1. The molecule has 26 heavy (non-hydrogen) atoms. The second kappa shape index (κ2) is 8.25. The summed E-state index contributed by atoms with van der Waals surface area (Å²) in [5.41, 5.74) is 2.10. The molecule has 8 heteroatoms. The molecule has 1 saturated carbocycles. The second-order valence-electron chi connectivity index (χ2n) is 8.22. The van der Waals surface area contributed by atoms with Crippen LogP contribution in [0.1, 0.15) is 30.7 Å². The first kappa shape index (κ1) is 19.6. The van der Waals surface area contributed by atoms with Crippen LogP contribution in [0.25, 0.3) is 11.0 Å². The van der Waals surface area contributed by atoms with Crippen molar-refractivity contribution >= 4 is 36.5 Å². The molecule has 0 bridgehead atoms. The van der Waals surface area contributed by atoms with Gasteiger partial charge in [0.15, 0.2) is 0 Å². The number of aliphatic hydroxyl groups excluding tert-OH is 1. The standard InChI is InChI=1S/C18H29ClN4O2Si/c1-26(2,3)10-9-25-12-23-11-14(13-5-6-13)15-16(20-7-4-8-24)21-18(19)22-17(15)23/h11,13,24H,4-10,12H2,1-3H3,(H,20,21,22). The molecule has 2 N–H and O–H groups in total. The maximum Gasteiger partial charge on any atom is 0.226 e. The Hall–Kier alpha value is -1.15. The highest BCUT2D eigenvalue weighted by Gasteiger charge is 2.29. The number of fused-ring (bicyclic) bond motifs is 1. The lowest BCUT2D eigenvalue weighted by molar-refractivity contribution is 0.0898. The average Bonchev–Trinajstić information content (AvgIpc) is 3.34. The number of aromatic nitrogens is 3. The third kappa shape index (κ3) is 4.97. The number of nitrogens with one attached hydrogen (secondary N) is 1. The van der Waals surface area contributed by atoms with Gasteiger partial charge in [0.2, 0.25) is 5.28 Å². The van der Waals surface area contributed by atoms with Gasteiger partial charge in [-0.3, -0.25) is 0 Å².